The van der Waals surface area contributed by atoms with Gasteiger partial charge in [0.2, 0.25) is 11.8 Å². The second kappa shape index (κ2) is 7.62. The van der Waals surface area contributed by atoms with Crippen LogP contribution in [-0.2, 0) is 35.9 Å². The van der Waals surface area contributed by atoms with Crippen molar-refractivity contribution in [3.05, 3.63) is 34.4 Å². The minimum absolute atomic E-state index is 0.163. The van der Waals surface area contributed by atoms with E-state index in [1.807, 2.05) is 0 Å². The Kier molecular flexibility index (Phi) is 6.14. The zero-order valence-corrected chi connectivity index (χ0v) is 11.7. The SMILES string of the molecule is CC(=O)NCc1cc(CNC(C)=O)c(CO)cc1CO. The fraction of sp³-hybridized carbons (Fsp3) is 0.429. The normalized spacial score (nSPS) is 10.2. The van der Waals surface area contributed by atoms with Crippen LogP contribution in [0, 0.1) is 0 Å². The summed E-state index contributed by atoms with van der Waals surface area (Å²) in [5, 5.41) is 24.0. The van der Waals surface area contributed by atoms with Gasteiger partial charge >= 0.3 is 0 Å². The number of rotatable bonds is 6. The molecule has 0 saturated heterocycles. The maximum atomic E-state index is 11.0. The zero-order valence-electron chi connectivity index (χ0n) is 11.7. The summed E-state index contributed by atoms with van der Waals surface area (Å²) in [4.78, 5) is 21.9. The standard InChI is InChI=1S/C14H20N2O4/c1-9(19)15-5-11-3-12(6-16-10(2)20)14(8-18)4-13(11)7-17/h3-4,17-18H,5-8H2,1-2H3,(H,15,19)(H,16,20). The van der Waals surface area contributed by atoms with Gasteiger partial charge in [-0.25, -0.2) is 0 Å². The van der Waals surface area contributed by atoms with Gasteiger partial charge in [0, 0.05) is 26.9 Å². The molecule has 0 radical (unpaired) electrons. The van der Waals surface area contributed by atoms with Crippen molar-refractivity contribution in [2.75, 3.05) is 0 Å². The highest BCUT2D eigenvalue weighted by atomic mass is 16.3. The van der Waals surface area contributed by atoms with E-state index in [0.717, 1.165) is 11.1 Å². The molecule has 2 amide bonds. The maximum Gasteiger partial charge on any atom is 0.217 e. The molecule has 0 saturated carbocycles. The second-order valence-corrected chi connectivity index (χ2v) is 4.53. The van der Waals surface area contributed by atoms with E-state index in [1.165, 1.54) is 13.8 Å². The summed E-state index contributed by atoms with van der Waals surface area (Å²) in [6, 6.07) is 3.47. The first-order valence-corrected chi connectivity index (χ1v) is 6.32. The molecule has 0 aliphatic heterocycles. The van der Waals surface area contributed by atoms with Gasteiger partial charge in [0.15, 0.2) is 0 Å². The third-order valence-electron chi connectivity index (χ3n) is 2.92. The highest BCUT2D eigenvalue weighted by molar-refractivity contribution is 5.73. The first-order valence-electron chi connectivity index (χ1n) is 6.32. The molecule has 20 heavy (non-hydrogen) atoms. The average Bonchev–Trinajstić information content (AvgIpc) is 2.42. The summed E-state index contributed by atoms with van der Waals surface area (Å²) in [7, 11) is 0. The summed E-state index contributed by atoms with van der Waals surface area (Å²) in [5.74, 6) is -0.327. The molecule has 1 aromatic rings. The lowest BCUT2D eigenvalue weighted by Gasteiger charge is -2.15. The molecule has 0 aliphatic rings. The molecule has 0 fully saturated rings. The first kappa shape index (κ1) is 16.1. The number of hydrogen-bond donors (Lipinski definition) is 4. The molecule has 4 N–H and O–H groups in total. The minimum Gasteiger partial charge on any atom is -0.392 e. The quantitative estimate of drug-likeness (QED) is 0.587. The van der Waals surface area contributed by atoms with Crippen LogP contribution in [0.4, 0.5) is 0 Å². The molecule has 0 atom stereocenters. The fourth-order valence-corrected chi connectivity index (χ4v) is 1.85. The molecular weight excluding hydrogens is 260 g/mol. The molecule has 0 heterocycles. The van der Waals surface area contributed by atoms with Gasteiger partial charge in [0.25, 0.3) is 0 Å². The van der Waals surface area contributed by atoms with E-state index < -0.39 is 0 Å². The van der Waals surface area contributed by atoms with Gasteiger partial charge in [-0.3, -0.25) is 9.59 Å². The van der Waals surface area contributed by atoms with Gasteiger partial charge in [-0.2, -0.15) is 0 Å². The van der Waals surface area contributed by atoms with E-state index >= 15 is 0 Å². The number of nitrogens with one attached hydrogen (secondary N) is 2. The van der Waals surface area contributed by atoms with Crippen LogP contribution in [0.25, 0.3) is 0 Å². The highest BCUT2D eigenvalue weighted by Crippen LogP contribution is 2.18. The number of hydrogen-bond acceptors (Lipinski definition) is 4. The topological polar surface area (TPSA) is 98.7 Å². The van der Waals surface area contributed by atoms with Crippen molar-refractivity contribution in [1.82, 2.24) is 10.6 Å². The van der Waals surface area contributed by atoms with E-state index in [4.69, 9.17) is 0 Å². The smallest absolute Gasteiger partial charge is 0.217 e. The number of carbonyl (C=O) groups excluding carboxylic acids is 2. The van der Waals surface area contributed by atoms with Crippen molar-refractivity contribution >= 4 is 11.8 Å². The Labute approximate surface area is 117 Å². The van der Waals surface area contributed by atoms with Crippen LogP contribution in [0.3, 0.4) is 0 Å². The fourth-order valence-electron chi connectivity index (χ4n) is 1.85. The average molecular weight is 280 g/mol. The van der Waals surface area contributed by atoms with Crippen molar-refractivity contribution in [3.63, 3.8) is 0 Å². The predicted molar refractivity (Wildman–Crippen MR) is 73.3 cm³/mol. The molecule has 6 heteroatoms. The van der Waals surface area contributed by atoms with Gasteiger partial charge in [-0.15, -0.1) is 0 Å². The number of aliphatic hydroxyl groups is 2. The van der Waals surface area contributed by atoms with E-state index in [2.05, 4.69) is 10.6 Å². The summed E-state index contributed by atoms with van der Waals surface area (Å²) in [6.45, 7) is 3.07. The minimum atomic E-state index is -0.178. The number of benzene rings is 1. The summed E-state index contributed by atoms with van der Waals surface area (Å²) >= 11 is 0. The van der Waals surface area contributed by atoms with Crippen LogP contribution in [0.5, 0.6) is 0 Å². The van der Waals surface area contributed by atoms with Crippen LogP contribution in [-0.4, -0.2) is 22.0 Å². The van der Waals surface area contributed by atoms with Crippen molar-refractivity contribution in [3.8, 4) is 0 Å². The lowest BCUT2D eigenvalue weighted by Crippen LogP contribution is -2.22. The molecule has 0 bridgehead atoms. The van der Waals surface area contributed by atoms with Gasteiger partial charge < -0.3 is 20.8 Å². The van der Waals surface area contributed by atoms with Crippen LogP contribution < -0.4 is 10.6 Å². The lowest BCUT2D eigenvalue weighted by atomic mass is 9.98. The van der Waals surface area contributed by atoms with Crippen molar-refractivity contribution in [1.29, 1.82) is 0 Å². The van der Waals surface area contributed by atoms with Crippen LogP contribution >= 0.6 is 0 Å². The molecule has 1 aromatic carbocycles. The lowest BCUT2D eigenvalue weighted by molar-refractivity contribution is -0.119. The predicted octanol–water partition coefficient (Wildman–Crippen LogP) is -0.0566. The monoisotopic (exact) mass is 280 g/mol. The highest BCUT2D eigenvalue weighted by Gasteiger charge is 2.10. The second-order valence-electron chi connectivity index (χ2n) is 4.53. The largest absolute Gasteiger partial charge is 0.392 e. The number of aliphatic hydroxyl groups excluding tert-OH is 2. The van der Waals surface area contributed by atoms with E-state index in [1.54, 1.807) is 12.1 Å². The molecule has 6 nitrogen and oxygen atoms in total. The molecular formula is C14H20N2O4. The third-order valence-corrected chi connectivity index (χ3v) is 2.92. The Morgan fingerprint density at radius 2 is 1.20 bits per heavy atom. The Bertz CT molecular complexity index is 459. The van der Waals surface area contributed by atoms with Gasteiger partial charge in [0.1, 0.15) is 0 Å². The zero-order chi connectivity index (χ0) is 15.1. The van der Waals surface area contributed by atoms with E-state index in [0.29, 0.717) is 24.2 Å². The summed E-state index contributed by atoms with van der Waals surface area (Å²) in [5.41, 5.74) is 2.82. The molecule has 1 rings (SSSR count). The molecule has 0 aliphatic carbocycles. The Balaban J connectivity index is 3.04. The maximum absolute atomic E-state index is 11.0. The summed E-state index contributed by atoms with van der Waals surface area (Å²) < 4.78 is 0. The number of amides is 2. The van der Waals surface area contributed by atoms with Crippen molar-refractivity contribution in [2.45, 2.75) is 40.2 Å². The third kappa shape index (κ3) is 4.64. The molecule has 0 spiro atoms. The molecule has 0 unspecified atom stereocenters. The van der Waals surface area contributed by atoms with Crippen LogP contribution in [0.15, 0.2) is 12.1 Å². The Morgan fingerprint density at radius 1 is 0.850 bits per heavy atom. The van der Waals surface area contributed by atoms with Gasteiger partial charge in [-0.1, -0.05) is 12.1 Å². The Hall–Kier alpha value is -1.92. The van der Waals surface area contributed by atoms with Crippen LogP contribution in [0.2, 0.25) is 0 Å². The van der Waals surface area contributed by atoms with Crippen LogP contribution in [0.1, 0.15) is 36.1 Å². The van der Waals surface area contributed by atoms with E-state index in [-0.39, 0.29) is 25.0 Å². The van der Waals surface area contributed by atoms with Gasteiger partial charge in [-0.05, 0) is 22.3 Å². The molecule has 110 valence electrons. The summed E-state index contributed by atoms with van der Waals surface area (Å²) in [6.07, 6.45) is 0. The van der Waals surface area contributed by atoms with Crippen molar-refractivity contribution in [2.24, 2.45) is 0 Å². The Morgan fingerprint density at radius 3 is 1.50 bits per heavy atom. The first-order chi connectivity index (χ1) is 9.47. The van der Waals surface area contributed by atoms with E-state index in [9.17, 15) is 19.8 Å². The number of carbonyl (C=O) groups is 2. The molecule has 0 aromatic heterocycles. The van der Waals surface area contributed by atoms with Crippen molar-refractivity contribution < 1.29 is 19.8 Å². The van der Waals surface area contributed by atoms with Gasteiger partial charge in [0.05, 0.1) is 13.2 Å².